The average Bonchev–Trinajstić information content (AvgIpc) is 2.11. The van der Waals surface area contributed by atoms with Crippen LogP contribution in [0.2, 0.25) is 0 Å². The van der Waals surface area contributed by atoms with Crippen LogP contribution in [-0.2, 0) is 9.47 Å². The van der Waals surface area contributed by atoms with Crippen LogP contribution in [0.4, 0.5) is 4.79 Å². The first-order chi connectivity index (χ1) is 6.10. The molecular formula is C10H16O3. The molecule has 3 heteroatoms. The molecule has 0 aliphatic rings. The van der Waals surface area contributed by atoms with Gasteiger partial charge in [0.25, 0.3) is 0 Å². The predicted octanol–water partition coefficient (Wildman–Crippen LogP) is 2.21. The Morgan fingerprint density at radius 3 is 2.46 bits per heavy atom. The maximum absolute atomic E-state index is 10.7. The molecule has 0 aliphatic heterocycles. The van der Waals surface area contributed by atoms with Crippen molar-refractivity contribution >= 4 is 6.16 Å². The van der Waals surface area contributed by atoms with Crippen molar-refractivity contribution in [2.45, 2.75) is 32.8 Å². The van der Waals surface area contributed by atoms with Crippen LogP contribution in [0.1, 0.15) is 26.7 Å². The first-order valence-electron chi connectivity index (χ1n) is 4.30. The molecule has 0 fully saturated rings. The van der Waals surface area contributed by atoms with E-state index in [9.17, 15) is 4.79 Å². The van der Waals surface area contributed by atoms with Gasteiger partial charge in [-0.05, 0) is 18.8 Å². The summed E-state index contributed by atoms with van der Waals surface area (Å²) in [6, 6.07) is 0. The van der Waals surface area contributed by atoms with Crippen molar-refractivity contribution in [3.05, 3.63) is 0 Å². The zero-order chi connectivity index (χ0) is 10.3. The maximum Gasteiger partial charge on any atom is 0.509 e. The van der Waals surface area contributed by atoms with Gasteiger partial charge >= 0.3 is 6.16 Å². The molecule has 13 heavy (non-hydrogen) atoms. The quantitative estimate of drug-likeness (QED) is 0.496. The Balaban J connectivity index is 3.78. The lowest BCUT2D eigenvalue weighted by Crippen LogP contribution is -2.16. The third-order valence-electron chi connectivity index (χ3n) is 1.60. The standard InChI is InChI=1S/C10H16O3/c1-5-9(7-6-8(2)3)13-10(11)12-4/h1,8-9H,6-7H2,2-4H3. The Morgan fingerprint density at radius 1 is 1.46 bits per heavy atom. The fourth-order valence-electron chi connectivity index (χ4n) is 0.825. The van der Waals surface area contributed by atoms with Crippen LogP contribution in [0.5, 0.6) is 0 Å². The van der Waals surface area contributed by atoms with Gasteiger partial charge < -0.3 is 9.47 Å². The van der Waals surface area contributed by atoms with E-state index in [0.717, 1.165) is 6.42 Å². The molecule has 0 amide bonds. The summed E-state index contributed by atoms with van der Waals surface area (Å²) in [5.41, 5.74) is 0. The van der Waals surface area contributed by atoms with Crippen LogP contribution < -0.4 is 0 Å². The molecule has 0 aromatic carbocycles. The molecule has 0 radical (unpaired) electrons. The van der Waals surface area contributed by atoms with E-state index < -0.39 is 12.3 Å². The van der Waals surface area contributed by atoms with Crippen molar-refractivity contribution < 1.29 is 14.3 Å². The number of methoxy groups -OCH3 is 1. The van der Waals surface area contributed by atoms with Crippen molar-refractivity contribution in [2.75, 3.05) is 7.11 Å². The second kappa shape index (κ2) is 6.36. The molecule has 0 saturated heterocycles. The van der Waals surface area contributed by atoms with Crippen molar-refractivity contribution in [3.8, 4) is 12.3 Å². The number of rotatable bonds is 4. The number of carbonyl (C=O) groups is 1. The molecule has 74 valence electrons. The molecule has 0 N–H and O–H groups in total. The minimum Gasteiger partial charge on any atom is -0.438 e. The summed E-state index contributed by atoms with van der Waals surface area (Å²) in [4.78, 5) is 10.7. The summed E-state index contributed by atoms with van der Waals surface area (Å²) in [7, 11) is 1.26. The normalized spacial score (nSPS) is 11.9. The summed E-state index contributed by atoms with van der Waals surface area (Å²) in [5.74, 6) is 2.95. The van der Waals surface area contributed by atoms with Gasteiger partial charge in [-0.2, -0.15) is 0 Å². The third-order valence-corrected chi connectivity index (χ3v) is 1.60. The molecule has 3 nitrogen and oxygen atoms in total. The molecule has 0 heterocycles. The fraction of sp³-hybridized carbons (Fsp3) is 0.700. The highest BCUT2D eigenvalue weighted by Crippen LogP contribution is 2.09. The van der Waals surface area contributed by atoms with E-state index in [1.165, 1.54) is 7.11 Å². The van der Waals surface area contributed by atoms with Gasteiger partial charge in [-0.3, -0.25) is 0 Å². The van der Waals surface area contributed by atoms with Gasteiger partial charge in [0.15, 0.2) is 6.10 Å². The van der Waals surface area contributed by atoms with E-state index in [-0.39, 0.29) is 0 Å². The third kappa shape index (κ3) is 6.03. The molecule has 1 atom stereocenters. The van der Waals surface area contributed by atoms with E-state index >= 15 is 0 Å². The summed E-state index contributed by atoms with van der Waals surface area (Å²) < 4.78 is 9.13. The highest BCUT2D eigenvalue weighted by molar-refractivity contribution is 5.60. The van der Waals surface area contributed by atoms with Crippen LogP contribution in [0, 0.1) is 18.3 Å². The monoisotopic (exact) mass is 184 g/mol. The largest absolute Gasteiger partial charge is 0.509 e. The van der Waals surface area contributed by atoms with Gasteiger partial charge in [-0.15, -0.1) is 6.42 Å². The van der Waals surface area contributed by atoms with E-state index in [2.05, 4.69) is 24.5 Å². The Morgan fingerprint density at radius 2 is 2.08 bits per heavy atom. The molecule has 0 aromatic heterocycles. The lowest BCUT2D eigenvalue weighted by molar-refractivity contribution is 0.0513. The molecule has 0 aromatic rings. The smallest absolute Gasteiger partial charge is 0.438 e. The minimum absolute atomic E-state index is 0.463. The number of hydrogen-bond donors (Lipinski definition) is 0. The Kier molecular flexibility index (Phi) is 5.79. The van der Waals surface area contributed by atoms with Crippen molar-refractivity contribution in [3.63, 3.8) is 0 Å². The zero-order valence-electron chi connectivity index (χ0n) is 8.37. The number of carbonyl (C=O) groups excluding carboxylic acids is 1. The molecule has 0 aliphatic carbocycles. The number of ether oxygens (including phenoxy) is 2. The predicted molar refractivity (Wildman–Crippen MR) is 50.2 cm³/mol. The molecule has 0 bridgehead atoms. The van der Waals surface area contributed by atoms with Gasteiger partial charge in [-0.1, -0.05) is 19.8 Å². The summed E-state index contributed by atoms with van der Waals surface area (Å²) in [5, 5.41) is 0. The van der Waals surface area contributed by atoms with Crippen molar-refractivity contribution in [1.29, 1.82) is 0 Å². The molecule has 0 saturated carbocycles. The van der Waals surface area contributed by atoms with E-state index in [1.54, 1.807) is 0 Å². The minimum atomic E-state index is -0.716. The van der Waals surface area contributed by atoms with Gasteiger partial charge in [0, 0.05) is 0 Å². The molecule has 1 unspecified atom stereocenters. The number of hydrogen-bond acceptors (Lipinski definition) is 3. The van der Waals surface area contributed by atoms with E-state index in [1.807, 2.05) is 0 Å². The topological polar surface area (TPSA) is 35.5 Å². The Hall–Kier alpha value is -1.17. The number of terminal acetylenes is 1. The van der Waals surface area contributed by atoms with Crippen molar-refractivity contribution in [1.82, 2.24) is 0 Å². The van der Waals surface area contributed by atoms with Gasteiger partial charge in [0.2, 0.25) is 0 Å². The second-order valence-electron chi connectivity index (χ2n) is 3.20. The van der Waals surface area contributed by atoms with E-state index in [4.69, 9.17) is 11.2 Å². The Labute approximate surface area is 79.4 Å². The lowest BCUT2D eigenvalue weighted by atomic mass is 10.1. The second-order valence-corrected chi connectivity index (χ2v) is 3.20. The first kappa shape index (κ1) is 11.8. The summed E-state index contributed by atoms with van der Waals surface area (Å²) >= 11 is 0. The maximum atomic E-state index is 10.7. The first-order valence-corrected chi connectivity index (χ1v) is 4.30. The van der Waals surface area contributed by atoms with E-state index in [0.29, 0.717) is 12.3 Å². The van der Waals surface area contributed by atoms with Crippen LogP contribution in [0.25, 0.3) is 0 Å². The lowest BCUT2D eigenvalue weighted by Gasteiger charge is -2.12. The fourth-order valence-corrected chi connectivity index (χ4v) is 0.825. The van der Waals surface area contributed by atoms with Crippen LogP contribution >= 0.6 is 0 Å². The van der Waals surface area contributed by atoms with Crippen molar-refractivity contribution in [2.24, 2.45) is 5.92 Å². The van der Waals surface area contributed by atoms with Crippen LogP contribution in [-0.4, -0.2) is 19.4 Å². The molecule has 0 rings (SSSR count). The van der Waals surface area contributed by atoms with Crippen LogP contribution in [0.15, 0.2) is 0 Å². The Bertz CT molecular complexity index is 191. The summed E-state index contributed by atoms with van der Waals surface area (Å²) in [6.45, 7) is 4.18. The molecular weight excluding hydrogens is 168 g/mol. The van der Waals surface area contributed by atoms with Crippen LogP contribution in [0.3, 0.4) is 0 Å². The van der Waals surface area contributed by atoms with Gasteiger partial charge in [0.1, 0.15) is 0 Å². The molecule has 0 spiro atoms. The SMILES string of the molecule is C#CC(CCC(C)C)OC(=O)OC. The average molecular weight is 184 g/mol. The highest BCUT2D eigenvalue weighted by atomic mass is 16.7. The zero-order valence-corrected chi connectivity index (χ0v) is 8.37. The summed E-state index contributed by atoms with van der Waals surface area (Å²) in [6.07, 6.45) is 5.62. The van der Waals surface area contributed by atoms with Gasteiger partial charge in [-0.25, -0.2) is 4.79 Å². The highest BCUT2D eigenvalue weighted by Gasteiger charge is 2.11. The van der Waals surface area contributed by atoms with Gasteiger partial charge in [0.05, 0.1) is 7.11 Å².